The van der Waals surface area contributed by atoms with Gasteiger partial charge in [-0.05, 0) is 12.3 Å². The predicted molar refractivity (Wildman–Crippen MR) is 58.9 cm³/mol. The van der Waals surface area contributed by atoms with Crippen LogP contribution in [0.2, 0.25) is 0 Å². The quantitative estimate of drug-likeness (QED) is 0.347. The van der Waals surface area contributed by atoms with Crippen LogP contribution in [0.4, 0.5) is 5.69 Å². The van der Waals surface area contributed by atoms with Crippen LogP contribution in [0.1, 0.15) is 0 Å². The second-order valence-corrected chi connectivity index (χ2v) is 3.44. The molecule has 0 unspecified atom stereocenters. The van der Waals surface area contributed by atoms with E-state index < -0.39 is 10.5 Å². The second-order valence-electron chi connectivity index (χ2n) is 2.75. The number of rotatable bonds is 5. The lowest BCUT2D eigenvalue weighted by molar-refractivity contribution is -0.386. The van der Waals surface area contributed by atoms with Crippen LogP contribution in [-0.4, -0.2) is 22.3 Å². The van der Waals surface area contributed by atoms with Crippen molar-refractivity contribution in [2.45, 2.75) is 6.54 Å². The lowest BCUT2D eigenvalue weighted by atomic mass is 10.4. The number of nitrogens with one attached hydrogen (secondary N) is 1. The van der Waals surface area contributed by atoms with Crippen molar-refractivity contribution in [3.05, 3.63) is 38.8 Å². The highest BCUT2D eigenvalue weighted by Gasteiger charge is 2.12. The van der Waals surface area contributed by atoms with E-state index in [9.17, 15) is 14.9 Å². The first-order valence-corrected chi connectivity index (χ1v) is 5.49. The molecule has 6 nitrogen and oxygen atoms in total. The Morgan fingerprint density at radius 2 is 2.40 bits per heavy atom. The molecule has 0 atom stereocenters. The van der Waals surface area contributed by atoms with E-state index in [0.717, 1.165) is 0 Å². The third-order valence-electron chi connectivity index (χ3n) is 1.80. The van der Waals surface area contributed by atoms with Gasteiger partial charge in [0.2, 0.25) is 0 Å². The summed E-state index contributed by atoms with van der Waals surface area (Å²) in [5.74, 6) is 0. The van der Waals surface area contributed by atoms with Crippen molar-refractivity contribution in [2.75, 3.05) is 12.8 Å². The number of aromatic nitrogens is 1. The first-order chi connectivity index (χ1) is 7.16. The van der Waals surface area contributed by atoms with E-state index in [1.807, 2.05) is 6.26 Å². The average molecular weight is 229 g/mol. The zero-order valence-corrected chi connectivity index (χ0v) is 8.99. The van der Waals surface area contributed by atoms with Crippen LogP contribution in [0.25, 0.3) is 0 Å². The monoisotopic (exact) mass is 229 g/mol. The van der Waals surface area contributed by atoms with E-state index in [-0.39, 0.29) is 5.69 Å². The summed E-state index contributed by atoms with van der Waals surface area (Å²) >= 11 is 1.44. The molecule has 0 saturated heterocycles. The van der Waals surface area contributed by atoms with Crippen LogP contribution in [-0.2, 0) is 6.54 Å². The van der Waals surface area contributed by atoms with E-state index in [2.05, 4.69) is 4.72 Å². The molecule has 82 valence electrons. The average Bonchev–Trinajstić information content (AvgIpc) is 2.20. The minimum absolute atomic E-state index is 0.387. The van der Waals surface area contributed by atoms with Gasteiger partial charge in [0.1, 0.15) is 0 Å². The van der Waals surface area contributed by atoms with Gasteiger partial charge in [-0.15, -0.1) is 0 Å². The van der Waals surface area contributed by atoms with Gasteiger partial charge in [0, 0.05) is 25.4 Å². The van der Waals surface area contributed by atoms with Crippen LogP contribution in [0, 0.1) is 10.1 Å². The summed E-state index contributed by atoms with van der Waals surface area (Å²) in [7, 11) is 0. The van der Waals surface area contributed by atoms with Crippen LogP contribution in [0.15, 0.2) is 23.1 Å². The molecule has 0 fully saturated rings. The Kier molecular flexibility index (Phi) is 4.32. The minimum atomic E-state index is -0.666. The highest BCUT2D eigenvalue weighted by molar-refractivity contribution is 7.96. The minimum Gasteiger partial charge on any atom is -0.308 e. The zero-order chi connectivity index (χ0) is 11.3. The Bertz CT molecular complexity index is 404. The number of nitrogens with zero attached hydrogens (tertiary/aromatic N) is 2. The molecule has 0 saturated carbocycles. The predicted octanol–water partition coefficient (Wildman–Crippen LogP) is 0.624. The van der Waals surface area contributed by atoms with E-state index in [4.69, 9.17) is 0 Å². The maximum atomic E-state index is 11.5. The Morgan fingerprint density at radius 1 is 1.67 bits per heavy atom. The molecule has 7 heteroatoms. The van der Waals surface area contributed by atoms with Gasteiger partial charge in [-0.3, -0.25) is 19.6 Å². The van der Waals surface area contributed by atoms with Crippen molar-refractivity contribution in [3.8, 4) is 0 Å². The molecule has 1 aromatic heterocycles. The van der Waals surface area contributed by atoms with Gasteiger partial charge in [0.05, 0.1) is 4.92 Å². The molecule has 0 spiro atoms. The smallest absolute Gasteiger partial charge is 0.308 e. The number of hydrogen-bond acceptors (Lipinski definition) is 5. The molecule has 0 bridgehead atoms. The maximum absolute atomic E-state index is 11.5. The summed E-state index contributed by atoms with van der Waals surface area (Å²) in [6.07, 6.45) is 3.41. The highest BCUT2D eigenvalue weighted by Crippen LogP contribution is 2.01. The number of nitro groups is 1. The molecular weight excluding hydrogens is 218 g/mol. The van der Waals surface area contributed by atoms with Gasteiger partial charge in [0.25, 0.3) is 0 Å². The molecule has 0 aromatic carbocycles. The van der Waals surface area contributed by atoms with Gasteiger partial charge in [-0.2, -0.15) is 0 Å². The normalized spacial score (nSPS) is 10.2. The fourth-order valence-electron chi connectivity index (χ4n) is 1.11. The second kappa shape index (κ2) is 5.52. The maximum Gasteiger partial charge on any atom is 0.334 e. The molecule has 1 aromatic rings. The number of hydrogen-bond donors (Lipinski definition) is 1. The van der Waals surface area contributed by atoms with E-state index in [1.165, 1.54) is 34.8 Å². The summed E-state index contributed by atoms with van der Waals surface area (Å²) in [5.41, 5.74) is -0.952. The third-order valence-corrected chi connectivity index (χ3v) is 2.29. The van der Waals surface area contributed by atoms with Crippen molar-refractivity contribution in [1.29, 1.82) is 0 Å². The lowest BCUT2D eigenvalue weighted by Crippen LogP contribution is -2.25. The van der Waals surface area contributed by atoms with E-state index in [1.54, 1.807) is 0 Å². The molecule has 0 aliphatic rings. The third kappa shape index (κ3) is 3.07. The van der Waals surface area contributed by atoms with Crippen molar-refractivity contribution >= 4 is 17.6 Å². The SMILES string of the molecule is CSNCCn1cccc([N+](=O)[O-])c1=O. The Morgan fingerprint density at radius 3 is 3.00 bits per heavy atom. The molecule has 0 aliphatic heterocycles. The Hall–Kier alpha value is -1.34. The molecule has 0 aliphatic carbocycles. The van der Waals surface area contributed by atoms with Gasteiger partial charge < -0.3 is 4.57 Å². The van der Waals surface area contributed by atoms with E-state index >= 15 is 0 Å². The topological polar surface area (TPSA) is 77.2 Å². The highest BCUT2D eigenvalue weighted by atomic mass is 32.2. The van der Waals surface area contributed by atoms with Gasteiger partial charge >= 0.3 is 11.2 Å². The van der Waals surface area contributed by atoms with E-state index in [0.29, 0.717) is 13.1 Å². The van der Waals surface area contributed by atoms with Gasteiger partial charge in [-0.25, -0.2) is 0 Å². The van der Waals surface area contributed by atoms with Crippen molar-refractivity contribution in [3.63, 3.8) is 0 Å². The van der Waals surface area contributed by atoms with Crippen molar-refractivity contribution in [2.24, 2.45) is 0 Å². The first-order valence-electron chi connectivity index (χ1n) is 4.26. The van der Waals surface area contributed by atoms with Crippen molar-refractivity contribution < 1.29 is 4.92 Å². The molecular formula is C8H11N3O3S. The lowest BCUT2D eigenvalue weighted by Gasteiger charge is -2.04. The zero-order valence-electron chi connectivity index (χ0n) is 8.17. The van der Waals surface area contributed by atoms with Gasteiger partial charge in [0.15, 0.2) is 0 Å². The summed E-state index contributed by atoms with van der Waals surface area (Å²) < 4.78 is 4.28. The van der Waals surface area contributed by atoms with Gasteiger partial charge in [-0.1, -0.05) is 11.9 Å². The van der Waals surface area contributed by atoms with Crippen LogP contribution in [0.3, 0.4) is 0 Å². The molecule has 1 heterocycles. The molecule has 15 heavy (non-hydrogen) atoms. The largest absolute Gasteiger partial charge is 0.334 e. The summed E-state index contributed by atoms with van der Waals surface area (Å²) in [6.45, 7) is 1.00. The standard InChI is InChI=1S/C8H11N3O3S/c1-15-9-4-6-10-5-2-3-7(8(10)12)11(13)14/h2-3,5,9H,4,6H2,1H3. The molecule has 0 amide bonds. The van der Waals surface area contributed by atoms with Crippen LogP contribution < -0.4 is 10.3 Å². The Labute approximate surface area is 90.6 Å². The molecule has 1 rings (SSSR count). The fourth-order valence-corrected chi connectivity index (χ4v) is 1.40. The number of pyridine rings is 1. The summed E-state index contributed by atoms with van der Waals surface area (Å²) in [5, 5.41) is 10.5. The molecule has 1 N–H and O–H groups in total. The molecule has 0 radical (unpaired) electrons. The first kappa shape index (κ1) is 11.7. The van der Waals surface area contributed by atoms with Crippen LogP contribution >= 0.6 is 11.9 Å². The summed E-state index contributed by atoms with van der Waals surface area (Å²) in [4.78, 5) is 21.3. The Balaban J connectivity index is 2.85. The fraction of sp³-hybridized carbons (Fsp3) is 0.375. The van der Waals surface area contributed by atoms with Crippen LogP contribution in [0.5, 0.6) is 0 Å². The summed E-state index contributed by atoms with van der Waals surface area (Å²) in [6, 6.07) is 2.71. The van der Waals surface area contributed by atoms with Crippen molar-refractivity contribution in [1.82, 2.24) is 9.29 Å².